The topological polar surface area (TPSA) is 49.3 Å². The average Bonchev–Trinajstić information content (AvgIpc) is 2.36. The SMILES string of the molecule is CCCC(C)(NC(CC)c1cccc(Cl)c1)C(=O)O. The van der Waals surface area contributed by atoms with Crippen molar-refractivity contribution in [3.8, 4) is 0 Å². The van der Waals surface area contributed by atoms with E-state index in [4.69, 9.17) is 11.6 Å². The minimum atomic E-state index is -0.905. The van der Waals surface area contributed by atoms with Gasteiger partial charge in [-0.25, -0.2) is 0 Å². The molecule has 3 nitrogen and oxygen atoms in total. The Kier molecular flexibility index (Phi) is 5.83. The summed E-state index contributed by atoms with van der Waals surface area (Å²) in [5, 5.41) is 13.4. The molecule has 0 radical (unpaired) electrons. The number of hydrogen-bond acceptors (Lipinski definition) is 2. The van der Waals surface area contributed by atoms with Crippen LogP contribution in [0.25, 0.3) is 0 Å². The van der Waals surface area contributed by atoms with Gasteiger partial charge in [-0.05, 0) is 37.5 Å². The van der Waals surface area contributed by atoms with Gasteiger partial charge in [0, 0.05) is 11.1 Å². The van der Waals surface area contributed by atoms with Crippen molar-refractivity contribution < 1.29 is 9.90 Å². The molecule has 0 aromatic heterocycles. The van der Waals surface area contributed by atoms with Crippen LogP contribution in [-0.4, -0.2) is 16.6 Å². The molecule has 1 aromatic rings. The van der Waals surface area contributed by atoms with Crippen molar-refractivity contribution >= 4 is 17.6 Å². The molecule has 0 amide bonds. The highest BCUT2D eigenvalue weighted by molar-refractivity contribution is 6.30. The van der Waals surface area contributed by atoms with E-state index in [1.165, 1.54) is 0 Å². The van der Waals surface area contributed by atoms with Crippen molar-refractivity contribution in [2.24, 2.45) is 0 Å². The van der Waals surface area contributed by atoms with E-state index in [9.17, 15) is 9.90 Å². The normalized spacial score (nSPS) is 15.8. The van der Waals surface area contributed by atoms with Gasteiger partial charge in [0.25, 0.3) is 0 Å². The number of aliphatic carboxylic acids is 1. The van der Waals surface area contributed by atoms with Crippen LogP contribution in [-0.2, 0) is 4.79 Å². The molecule has 19 heavy (non-hydrogen) atoms. The molecule has 0 aliphatic carbocycles. The quantitative estimate of drug-likeness (QED) is 0.794. The summed E-state index contributed by atoms with van der Waals surface area (Å²) < 4.78 is 0. The van der Waals surface area contributed by atoms with Gasteiger partial charge in [0.1, 0.15) is 5.54 Å². The molecule has 0 spiro atoms. The minimum Gasteiger partial charge on any atom is -0.480 e. The molecule has 0 heterocycles. The smallest absolute Gasteiger partial charge is 0.323 e. The van der Waals surface area contributed by atoms with Crippen LogP contribution < -0.4 is 5.32 Å². The number of carboxylic acid groups (broad SMARTS) is 1. The fourth-order valence-corrected chi connectivity index (χ4v) is 2.47. The Morgan fingerprint density at radius 2 is 2.16 bits per heavy atom. The van der Waals surface area contributed by atoms with Crippen molar-refractivity contribution in [2.75, 3.05) is 0 Å². The summed E-state index contributed by atoms with van der Waals surface area (Å²) >= 11 is 6.00. The van der Waals surface area contributed by atoms with Gasteiger partial charge < -0.3 is 5.11 Å². The molecule has 1 rings (SSSR count). The fraction of sp³-hybridized carbons (Fsp3) is 0.533. The maximum Gasteiger partial charge on any atom is 0.323 e. The van der Waals surface area contributed by atoms with Gasteiger partial charge in [-0.3, -0.25) is 10.1 Å². The molecular weight excluding hydrogens is 262 g/mol. The number of carbonyl (C=O) groups is 1. The van der Waals surface area contributed by atoms with Crippen LogP contribution in [0.1, 0.15) is 51.6 Å². The maximum absolute atomic E-state index is 11.5. The van der Waals surface area contributed by atoms with E-state index in [-0.39, 0.29) is 6.04 Å². The van der Waals surface area contributed by atoms with Crippen LogP contribution in [0.4, 0.5) is 0 Å². The fourth-order valence-electron chi connectivity index (χ4n) is 2.27. The molecule has 0 aliphatic heterocycles. The summed E-state index contributed by atoms with van der Waals surface area (Å²) in [5.41, 5.74) is 0.121. The second-order valence-electron chi connectivity index (χ2n) is 5.05. The lowest BCUT2D eigenvalue weighted by Gasteiger charge is -2.31. The zero-order valence-corrected chi connectivity index (χ0v) is 12.5. The number of nitrogens with one attached hydrogen (secondary N) is 1. The molecular formula is C15H22ClNO2. The first kappa shape index (κ1) is 16.0. The number of halogens is 1. The second-order valence-corrected chi connectivity index (χ2v) is 5.48. The van der Waals surface area contributed by atoms with Gasteiger partial charge in [0.2, 0.25) is 0 Å². The number of hydrogen-bond donors (Lipinski definition) is 2. The Morgan fingerprint density at radius 3 is 2.63 bits per heavy atom. The van der Waals surface area contributed by atoms with E-state index in [0.717, 1.165) is 18.4 Å². The van der Waals surface area contributed by atoms with Crippen LogP contribution in [0, 0.1) is 0 Å². The monoisotopic (exact) mass is 283 g/mol. The number of rotatable bonds is 7. The summed E-state index contributed by atoms with van der Waals surface area (Å²) in [6.07, 6.45) is 2.23. The molecule has 0 saturated carbocycles. The van der Waals surface area contributed by atoms with Crippen molar-refractivity contribution in [2.45, 2.75) is 51.6 Å². The standard InChI is InChI=1S/C15H22ClNO2/c1-4-9-15(3,14(18)19)17-13(5-2)11-7-6-8-12(16)10-11/h6-8,10,13,17H,4-5,9H2,1-3H3,(H,18,19). The third kappa shape index (κ3) is 4.22. The van der Waals surface area contributed by atoms with E-state index in [1.807, 2.05) is 38.1 Å². The van der Waals surface area contributed by atoms with Gasteiger partial charge in [0.15, 0.2) is 0 Å². The van der Waals surface area contributed by atoms with E-state index in [0.29, 0.717) is 11.4 Å². The Hall–Kier alpha value is -1.06. The highest BCUT2D eigenvalue weighted by Crippen LogP contribution is 2.25. The van der Waals surface area contributed by atoms with Crippen LogP contribution in [0.5, 0.6) is 0 Å². The summed E-state index contributed by atoms with van der Waals surface area (Å²) in [4.78, 5) is 11.5. The highest BCUT2D eigenvalue weighted by atomic mass is 35.5. The summed E-state index contributed by atoms with van der Waals surface area (Å²) in [6, 6.07) is 7.56. The predicted molar refractivity (Wildman–Crippen MR) is 78.6 cm³/mol. The third-order valence-electron chi connectivity index (χ3n) is 3.37. The molecule has 2 unspecified atom stereocenters. The zero-order valence-electron chi connectivity index (χ0n) is 11.7. The maximum atomic E-state index is 11.5. The first-order valence-corrected chi connectivity index (χ1v) is 7.07. The Bertz CT molecular complexity index is 436. The van der Waals surface area contributed by atoms with E-state index in [2.05, 4.69) is 5.32 Å². The lowest BCUT2D eigenvalue weighted by atomic mass is 9.92. The van der Waals surface area contributed by atoms with Gasteiger partial charge >= 0.3 is 5.97 Å². The van der Waals surface area contributed by atoms with Crippen molar-refractivity contribution in [3.05, 3.63) is 34.9 Å². The molecule has 2 atom stereocenters. The molecule has 0 saturated heterocycles. The number of carboxylic acids is 1. The van der Waals surface area contributed by atoms with Gasteiger partial charge in [-0.2, -0.15) is 0 Å². The molecule has 1 aromatic carbocycles. The van der Waals surface area contributed by atoms with Crippen molar-refractivity contribution in [1.29, 1.82) is 0 Å². The van der Waals surface area contributed by atoms with Gasteiger partial charge in [0.05, 0.1) is 0 Å². The Labute approximate surface area is 120 Å². The van der Waals surface area contributed by atoms with E-state index >= 15 is 0 Å². The lowest BCUT2D eigenvalue weighted by Crippen LogP contribution is -2.50. The summed E-state index contributed by atoms with van der Waals surface area (Å²) in [6.45, 7) is 5.77. The van der Waals surface area contributed by atoms with Gasteiger partial charge in [-0.15, -0.1) is 0 Å². The molecule has 0 aliphatic rings. The lowest BCUT2D eigenvalue weighted by molar-refractivity contribution is -0.144. The Morgan fingerprint density at radius 1 is 1.47 bits per heavy atom. The van der Waals surface area contributed by atoms with Crippen molar-refractivity contribution in [1.82, 2.24) is 5.32 Å². The minimum absolute atomic E-state index is 0.00801. The van der Waals surface area contributed by atoms with E-state index in [1.54, 1.807) is 6.92 Å². The third-order valence-corrected chi connectivity index (χ3v) is 3.61. The second kappa shape index (κ2) is 6.92. The number of benzene rings is 1. The van der Waals surface area contributed by atoms with Crippen molar-refractivity contribution in [3.63, 3.8) is 0 Å². The van der Waals surface area contributed by atoms with Crippen LogP contribution >= 0.6 is 11.6 Å². The highest BCUT2D eigenvalue weighted by Gasteiger charge is 2.34. The molecule has 0 fully saturated rings. The van der Waals surface area contributed by atoms with Gasteiger partial charge in [-0.1, -0.05) is 44.0 Å². The van der Waals surface area contributed by atoms with Crippen LogP contribution in [0.3, 0.4) is 0 Å². The molecule has 4 heteroatoms. The molecule has 106 valence electrons. The largest absolute Gasteiger partial charge is 0.480 e. The summed E-state index contributed by atoms with van der Waals surface area (Å²) in [7, 11) is 0. The average molecular weight is 284 g/mol. The van der Waals surface area contributed by atoms with E-state index < -0.39 is 11.5 Å². The summed E-state index contributed by atoms with van der Waals surface area (Å²) in [5.74, 6) is -0.810. The first-order chi connectivity index (χ1) is 8.92. The zero-order chi connectivity index (χ0) is 14.5. The van der Waals surface area contributed by atoms with Crippen LogP contribution in [0.2, 0.25) is 5.02 Å². The Balaban J connectivity index is 2.95. The first-order valence-electron chi connectivity index (χ1n) is 6.69. The predicted octanol–water partition coefficient (Wildman–Crippen LogP) is 4.02. The molecule has 2 N–H and O–H groups in total. The molecule has 0 bridgehead atoms. The van der Waals surface area contributed by atoms with Crippen LogP contribution in [0.15, 0.2) is 24.3 Å².